The van der Waals surface area contributed by atoms with E-state index >= 15 is 0 Å². The Hall–Kier alpha value is -3.59. The van der Waals surface area contributed by atoms with E-state index in [1.165, 1.54) is 13.0 Å². The number of hydrogen-bond acceptors (Lipinski definition) is 6. The van der Waals surface area contributed by atoms with Crippen LogP contribution in [0.4, 0.5) is 4.39 Å². The van der Waals surface area contributed by atoms with Crippen molar-refractivity contribution in [1.82, 2.24) is 14.9 Å². The Bertz CT molecular complexity index is 1580. The molecule has 2 N–H and O–H groups in total. The van der Waals surface area contributed by atoms with Crippen molar-refractivity contribution in [3.05, 3.63) is 61.7 Å². The second-order valence-electron chi connectivity index (χ2n) is 9.96. The first kappa shape index (κ1) is 22.8. The average molecular weight is 492 g/mol. The van der Waals surface area contributed by atoms with Gasteiger partial charge in [0.1, 0.15) is 12.4 Å². The van der Waals surface area contributed by atoms with E-state index in [2.05, 4.69) is 5.32 Å². The molecule has 2 atom stereocenters. The lowest BCUT2D eigenvalue weighted by Crippen LogP contribution is -2.44. The number of aliphatic hydroxyl groups is 1. The Morgan fingerprint density at radius 2 is 2.08 bits per heavy atom. The summed E-state index contributed by atoms with van der Waals surface area (Å²) in [6.07, 6.45) is 2.13. The maximum atomic E-state index is 15.0. The molecule has 0 spiro atoms. The molecular formula is C27H26FN3O5. The number of fused-ring (bicyclic) bond motifs is 5. The summed E-state index contributed by atoms with van der Waals surface area (Å²) >= 11 is 0. The quantitative estimate of drug-likeness (QED) is 0.417. The molecule has 9 heteroatoms. The fourth-order valence-electron chi connectivity index (χ4n) is 6.14. The standard InChI is InChI=1S/C27H26FN3O5/c1-4-27(35)17-8-21-24-15(10-31(21)25(33)16(17)11-36-26(27)34)23-19(29-13(3)32)7-5-6-14-12(2)18(28)9-20(30-24)22(14)23/h8-9,19,35H,4-7,10-11H2,1-3H3,(H,29,32)/t19?,27-/m0/s1. The molecule has 0 saturated heterocycles. The summed E-state index contributed by atoms with van der Waals surface area (Å²) in [5.74, 6) is -1.31. The van der Waals surface area contributed by atoms with Gasteiger partial charge in [0, 0.05) is 29.5 Å². The van der Waals surface area contributed by atoms with Crippen molar-refractivity contribution >= 4 is 22.8 Å². The molecule has 36 heavy (non-hydrogen) atoms. The largest absolute Gasteiger partial charge is 0.458 e. The van der Waals surface area contributed by atoms with E-state index in [9.17, 15) is 23.9 Å². The fourth-order valence-corrected chi connectivity index (χ4v) is 6.14. The molecule has 2 aromatic heterocycles. The van der Waals surface area contributed by atoms with Gasteiger partial charge in [-0.3, -0.25) is 9.59 Å². The van der Waals surface area contributed by atoms with E-state index in [1.807, 2.05) is 0 Å². The maximum absolute atomic E-state index is 15.0. The first-order valence-corrected chi connectivity index (χ1v) is 12.2. The highest BCUT2D eigenvalue weighted by Crippen LogP contribution is 2.45. The second kappa shape index (κ2) is 7.70. The molecular weight excluding hydrogens is 465 g/mol. The molecule has 8 nitrogen and oxygen atoms in total. The summed E-state index contributed by atoms with van der Waals surface area (Å²) in [5.41, 5.74) is 2.71. The van der Waals surface area contributed by atoms with Gasteiger partial charge in [-0.25, -0.2) is 14.2 Å². The predicted molar refractivity (Wildman–Crippen MR) is 129 cm³/mol. The number of halogens is 1. The topological polar surface area (TPSA) is 111 Å². The zero-order valence-corrected chi connectivity index (χ0v) is 20.3. The SMILES string of the molecule is CC[C@@]1(O)C(=O)OCc2c1cc1n(c2=O)Cc2c-1nc1cc(F)c(C)c3c1c2C(NC(C)=O)CCC3. The number of cyclic esters (lactones) is 1. The van der Waals surface area contributed by atoms with Gasteiger partial charge < -0.3 is 19.7 Å². The number of aryl methyl sites for hydroxylation is 1. The number of amides is 1. The summed E-state index contributed by atoms with van der Waals surface area (Å²) in [7, 11) is 0. The monoisotopic (exact) mass is 491 g/mol. The van der Waals surface area contributed by atoms with Crippen LogP contribution in [-0.4, -0.2) is 26.5 Å². The molecule has 3 aromatic rings. The number of aromatic nitrogens is 2. The molecule has 186 valence electrons. The van der Waals surface area contributed by atoms with Gasteiger partial charge in [-0.15, -0.1) is 0 Å². The van der Waals surface area contributed by atoms with E-state index in [0.717, 1.165) is 28.5 Å². The fraction of sp³-hybridized carbons (Fsp3) is 0.407. The summed E-state index contributed by atoms with van der Waals surface area (Å²) in [6, 6.07) is 2.74. The number of pyridine rings is 2. The van der Waals surface area contributed by atoms with Crippen LogP contribution in [0.5, 0.6) is 0 Å². The number of nitrogens with zero attached hydrogens (tertiary/aromatic N) is 2. The summed E-state index contributed by atoms with van der Waals surface area (Å²) in [5, 5.41) is 15.0. The van der Waals surface area contributed by atoms with Crippen LogP contribution < -0.4 is 10.9 Å². The van der Waals surface area contributed by atoms with Crippen LogP contribution in [0.2, 0.25) is 0 Å². The van der Waals surface area contributed by atoms with E-state index in [0.29, 0.717) is 35.3 Å². The lowest BCUT2D eigenvalue weighted by Gasteiger charge is -2.31. The van der Waals surface area contributed by atoms with Crippen LogP contribution in [0.1, 0.15) is 72.5 Å². The van der Waals surface area contributed by atoms with Crippen LogP contribution in [0.25, 0.3) is 22.3 Å². The lowest BCUT2D eigenvalue weighted by atomic mass is 9.86. The van der Waals surface area contributed by atoms with E-state index < -0.39 is 11.6 Å². The first-order valence-electron chi connectivity index (χ1n) is 12.2. The molecule has 1 unspecified atom stereocenters. The molecule has 0 fully saturated rings. The number of hydrogen-bond donors (Lipinski definition) is 2. The van der Waals surface area contributed by atoms with Gasteiger partial charge in [0.25, 0.3) is 5.56 Å². The van der Waals surface area contributed by atoms with Crippen LogP contribution in [0, 0.1) is 12.7 Å². The predicted octanol–water partition coefficient (Wildman–Crippen LogP) is 3.04. The van der Waals surface area contributed by atoms with Gasteiger partial charge in [-0.1, -0.05) is 6.92 Å². The number of ether oxygens (including phenoxy) is 1. The molecule has 0 radical (unpaired) electrons. The first-order chi connectivity index (χ1) is 17.2. The van der Waals surface area contributed by atoms with Gasteiger partial charge in [0.05, 0.1) is 35.1 Å². The smallest absolute Gasteiger partial charge is 0.343 e. The highest BCUT2D eigenvalue weighted by atomic mass is 19.1. The third-order valence-corrected chi connectivity index (χ3v) is 7.99. The number of rotatable bonds is 2. The molecule has 0 bridgehead atoms. The second-order valence-corrected chi connectivity index (χ2v) is 9.96. The number of carbonyl (C=O) groups is 2. The van der Waals surface area contributed by atoms with Crippen molar-refractivity contribution in [3.8, 4) is 11.4 Å². The van der Waals surface area contributed by atoms with Crippen LogP contribution >= 0.6 is 0 Å². The number of benzene rings is 1. The van der Waals surface area contributed by atoms with Crippen molar-refractivity contribution in [1.29, 1.82) is 0 Å². The Kier molecular flexibility index (Phi) is 4.89. The Morgan fingerprint density at radius 3 is 2.81 bits per heavy atom. The van der Waals surface area contributed by atoms with E-state index in [-0.39, 0.29) is 54.0 Å². The lowest BCUT2D eigenvalue weighted by molar-refractivity contribution is -0.172. The van der Waals surface area contributed by atoms with Gasteiger partial charge in [0.2, 0.25) is 5.91 Å². The van der Waals surface area contributed by atoms with Crippen LogP contribution in [0.15, 0.2) is 16.9 Å². The molecule has 4 heterocycles. The molecule has 1 aliphatic carbocycles. The van der Waals surface area contributed by atoms with Gasteiger partial charge in [0.15, 0.2) is 5.60 Å². The molecule has 3 aliphatic rings. The minimum absolute atomic E-state index is 0.0451. The van der Waals surface area contributed by atoms with Crippen LogP contribution in [-0.2, 0) is 39.5 Å². The van der Waals surface area contributed by atoms with E-state index in [1.54, 1.807) is 24.5 Å². The summed E-state index contributed by atoms with van der Waals surface area (Å²) in [6.45, 7) is 4.89. The molecule has 6 rings (SSSR count). The van der Waals surface area contributed by atoms with Gasteiger partial charge in [-0.2, -0.15) is 0 Å². The summed E-state index contributed by atoms with van der Waals surface area (Å²) in [4.78, 5) is 43.0. The molecule has 0 saturated carbocycles. The zero-order valence-electron chi connectivity index (χ0n) is 20.3. The van der Waals surface area contributed by atoms with Gasteiger partial charge in [-0.05, 0) is 55.4 Å². The number of esters is 1. The Morgan fingerprint density at radius 1 is 1.31 bits per heavy atom. The molecule has 2 aliphatic heterocycles. The highest BCUT2D eigenvalue weighted by molar-refractivity contribution is 5.93. The van der Waals surface area contributed by atoms with Gasteiger partial charge >= 0.3 is 5.97 Å². The van der Waals surface area contributed by atoms with Crippen molar-refractivity contribution in [2.24, 2.45) is 0 Å². The average Bonchev–Trinajstić information content (AvgIpc) is 3.09. The molecule has 1 amide bonds. The van der Waals surface area contributed by atoms with Crippen molar-refractivity contribution in [2.75, 3.05) is 0 Å². The third-order valence-electron chi connectivity index (χ3n) is 7.99. The number of carbonyl (C=O) groups excluding carboxylic acids is 2. The summed E-state index contributed by atoms with van der Waals surface area (Å²) < 4.78 is 21.7. The Labute approximate surface area is 206 Å². The van der Waals surface area contributed by atoms with Crippen molar-refractivity contribution in [2.45, 2.75) is 71.2 Å². The number of nitrogens with one attached hydrogen (secondary N) is 1. The molecule has 1 aromatic carbocycles. The van der Waals surface area contributed by atoms with Crippen molar-refractivity contribution in [3.63, 3.8) is 0 Å². The zero-order chi connectivity index (χ0) is 25.5. The Balaban J connectivity index is 1.69. The van der Waals surface area contributed by atoms with Crippen LogP contribution in [0.3, 0.4) is 0 Å². The van der Waals surface area contributed by atoms with Crippen molar-refractivity contribution < 1.29 is 23.8 Å². The maximum Gasteiger partial charge on any atom is 0.343 e. The minimum Gasteiger partial charge on any atom is -0.458 e. The normalized spacial score (nSPS) is 21.9. The minimum atomic E-state index is -1.93. The van der Waals surface area contributed by atoms with E-state index in [4.69, 9.17) is 9.72 Å². The highest BCUT2D eigenvalue weighted by Gasteiger charge is 2.45. The third kappa shape index (κ3) is 2.95.